The van der Waals surface area contributed by atoms with E-state index in [1.165, 1.54) is 12.1 Å². The number of nitrogens with one attached hydrogen (secondary N) is 1. The zero-order valence-corrected chi connectivity index (χ0v) is 16.1. The Balaban J connectivity index is 1.42. The number of piperidine rings is 1. The van der Waals surface area contributed by atoms with E-state index in [-0.39, 0.29) is 23.5 Å². The third-order valence-corrected chi connectivity index (χ3v) is 6.27. The van der Waals surface area contributed by atoms with Gasteiger partial charge in [-0.25, -0.2) is 4.39 Å². The summed E-state index contributed by atoms with van der Waals surface area (Å²) in [6.45, 7) is 4.44. The summed E-state index contributed by atoms with van der Waals surface area (Å²) in [5.74, 6) is -0.537. The van der Waals surface area contributed by atoms with Crippen molar-refractivity contribution in [2.75, 3.05) is 39.4 Å². The number of carbonyl (C=O) groups is 2. The fourth-order valence-corrected chi connectivity index (χ4v) is 4.68. The maximum absolute atomic E-state index is 13.3. The Morgan fingerprint density at radius 2 is 1.71 bits per heavy atom. The molecule has 4 rings (SSSR count). The monoisotopic (exact) mass is 389 g/mol. The number of likely N-dealkylation sites (tertiary alicyclic amines) is 1. The van der Waals surface area contributed by atoms with Crippen molar-refractivity contribution in [2.45, 2.75) is 37.8 Å². The lowest BCUT2D eigenvalue weighted by Crippen LogP contribution is -2.55. The molecule has 0 saturated carbocycles. The van der Waals surface area contributed by atoms with Crippen LogP contribution in [0.3, 0.4) is 0 Å². The fourth-order valence-electron chi connectivity index (χ4n) is 4.68. The molecule has 3 fully saturated rings. The molecule has 7 heteroatoms. The van der Waals surface area contributed by atoms with Crippen molar-refractivity contribution in [1.29, 1.82) is 0 Å². The molecular weight excluding hydrogens is 361 g/mol. The molecule has 1 N–H and O–H groups in total. The molecule has 6 nitrogen and oxygen atoms in total. The van der Waals surface area contributed by atoms with Gasteiger partial charge in [-0.2, -0.15) is 0 Å². The van der Waals surface area contributed by atoms with Crippen LogP contribution in [0.15, 0.2) is 24.3 Å². The van der Waals surface area contributed by atoms with Gasteiger partial charge < -0.3 is 19.9 Å². The van der Waals surface area contributed by atoms with E-state index in [1.807, 2.05) is 0 Å². The molecule has 1 aromatic rings. The van der Waals surface area contributed by atoms with Gasteiger partial charge in [-0.05, 0) is 56.5 Å². The minimum absolute atomic E-state index is 0.0510. The smallest absolute Gasteiger partial charge is 0.247 e. The summed E-state index contributed by atoms with van der Waals surface area (Å²) >= 11 is 0. The standard InChI is InChI=1S/C21H28FN3O3/c22-17-3-1-15(2-4-17)19-20(26)23-9-12-25(19)21(27)16-5-10-24(11-6-16)18-7-13-28-14-8-18/h1-4,16,18-19H,5-14H2,(H,23,26). The maximum Gasteiger partial charge on any atom is 0.247 e. The molecule has 1 aromatic carbocycles. The molecule has 3 aliphatic heterocycles. The zero-order valence-electron chi connectivity index (χ0n) is 16.1. The number of hydrogen-bond donors (Lipinski definition) is 1. The molecule has 3 heterocycles. The molecule has 0 radical (unpaired) electrons. The minimum Gasteiger partial charge on any atom is -0.381 e. The number of rotatable bonds is 3. The zero-order chi connectivity index (χ0) is 19.5. The first kappa shape index (κ1) is 19.3. The summed E-state index contributed by atoms with van der Waals surface area (Å²) < 4.78 is 18.7. The van der Waals surface area contributed by atoms with Crippen LogP contribution in [0.2, 0.25) is 0 Å². The lowest BCUT2D eigenvalue weighted by Gasteiger charge is -2.42. The van der Waals surface area contributed by atoms with Gasteiger partial charge in [-0.15, -0.1) is 0 Å². The highest BCUT2D eigenvalue weighted by Crippen LogP contribution is 2.29. The number of halogens is 1. The van der Waals surface area contributed by atoms with Crippen LogP contribution >= 0.6 is 0 Å². The Morgan fingerprint density at radius 3 is 2.39 bits per heavy atom. The van der Waals surface area contributed by atoms with Gasteiger partial charge in [0.05, 0.1) is 0 Å². The average Bonchev–Trinajstić information content (AvgIpc) is 2.75. The number of nitrogens with zero attached hydrogens (tertiary/aromatic N) is 2. The molecule has 3 saturated heterocycles. The number of benzene rings is 1. The number of amides is 2. The summed E-state index contributed by atoms with van der Waals surface area (Å²) in [4.78, 5) is 30.0. The quantitative estimate of drug-likeness (QED) is 0.855. The molecule has 1 unspecified atom stereocenters. The Bertz CT molecular complexity index is 697. The van der Waals surface area contributed by atoms with Gasteiger partial charge in [0.25, 0.3) is 0 Å². The first-order valence-electron chi connectivity index (χ1n) is 10.3. The van der Waals surface area contributed by atoms with Crippen LogP contribution in [0, 0.1) is 11.7 Å². The van der Waals surface area contributed by atoms with Crippen molar-refractivity contribution in [3.05, 3.63) is 35.6 Å². The number of carbonyl (C=O) groups excluding carboxylic acids is 2. The van der Waals surface area contributed by atoms with Crippen molar-refractivity contribution in [3.8, 4) is 0 Å². The van der Waals surface area contributed by atoms with Crippen molar-refractivity contribution < 1.29 is 18.7 Å². The van der Waals surface area contributed by atoms with Gasteiger partial charge in [0, 0.05) is 38.3 Å². The molecule has 0 aromatic heterocycles. The van der Waals surface area contributed by atoms with E-state index in [0.29, 0.717) is 24.7 Å². The summed E-state index contributed by atoms with van der Waals surface area (Å²) in [6.07, 6.45) is 3.78. The van der Waals surface area contributed by atoms with Gasteiger partial charge >= 0.3 is 0 Å². The van der Waals surface area contributed by atoms with Crippen molar-refractivity contribution in [3.63, 3.8) is 0 Å². The molecule has 152 valence electrons. The van der Waals surface area contributed by atoms with Crippen LogP contribution in [-0.2, 0) is 14.3 Å². The predicted octanol–water partition coefficient (Wildman–Crippen LogP) is 1.72. The Kier molecular flexibility index (Phi) is 5.92. The maximum atomic E-state index is 13.3. The van der Waals surface area contributed by atoms with Gasteiger partial charge in [0.1, 0.15) is 11.9 Å². The van der Waals surface area contributed by atoms with Crippen molar-refractivity contribution in [1.82, 2.24) is 15.1 Å². The molecule has 0 spiro atoms. The topological polar surface area (TPSA) is 61.9 Å². The van der Waals surface area contributed by atoms with Crippen LogP contribution in [0.25, 0.3) is 0 Å². The van der Waals surface area contributed by atoms with Crippen molar-refractivity contribution >= 4 is 11.8 Å². The van der Waals surface area contributed by atoms with Gasteiger partial charge in [0.2, 0.25) is 11.8 Å². The Morgan fingerprint density at radius 1 is 1.04 bits per heavy atom. The summed E-state index contributed by atoms with van der Waals surface area (Å²) in [7, 11) is 0. The van der Waals surface area contributed by atoms with E-state index in [9.17, 15) is 14.0 Å². The third kappa shape index (κ3) is 4.05. The van der Waals surface area contributed by atoms with Crippen LogP contribution in [0.5, 0.6) is 0 Å². The first-order chi connectivity index (χ1) is 13.6. The highest BCUT2D eigenvalue weighted by atomic mass is 19.1. The molecule has 0 bridgehead atoms. The second kappa shape index (κ2) is 8.57. The number of piperazine rings is 1. The summed E-state index contributed by atoms with van der Waals surface area (Å²) in [5.41, 5.74) is 0.659. The van der Waals surface area contributed by atoms with Crippen molar-refractivity contribution in [2.24, 2.45) is 5.92 Å². The van der Waals surface area contributed by atoms with Gasteiger partial charge in [-0.1, -0.05) is 12.1 Å². The van der Waals surface area contributed by atoms with Crippen LogP contribution in [0.4, 0.5) is 4.39 Å². The van der Waals surface area contributed by atoms with E-state index >= 15 is 0 Å². The van der Waals surface area contributed by atoms with Gasteiger partial charge in [0.15, 0.2) is 0 Å². The van der Waals surface area contributed by atoms with Gasteiger partial charge in [-0.3, -0.25) is 9.59 Å². The van der Waals surface area contributed by atoms with Crippen LogP contribution < -0.4 is 5.32 Å². The lowest BCUT2D eigenvalue weighted by molar-refractivity contribution is -0.148. The normalized spacial score (nSPS) is 25.5. The Labute approximate surface area is 165 Å². The molecule has 1 atom stereocenters. The summed E-state index contributed by atoms with van der Waals surface area (Å²) in [5, 5.41) is 2.84. The van der Waals surface area contributed by atoms with E-state index in [0.717, 1.165) is 52.0 Å². The van der Waals surface area contributed by atoms with Crippen LogP contribution in [0.1, 0.15) is 37.3 Å². The number of hydrogen-bond acceptors (Lipinski definition) is 4. The SMILES string of the molecule is O=C1NCCN(C(=O)C2CCN(C3CCOCC3)CC2)C1c1ccc(F)cc1. The second-order valence-electron chi connectivity index (χ2n) is 7.93. The molecule has 28 heavy (non-hydrogen) atoms. The predicted molar refractivity (Wildman–Crippen MR) is 102 cm³/mol. The molecule has 0 aliphatic carbocycles. The minimum atomic E-state index is -0.671. The largest absolute Gasteiger partial charge is 0.381 e. The fraction of sp³-hybridized carbons (Fsp3) is 0.619. The summed E-state index contributed by atoms with van der Waals surface area (Å²) in [6, 6.07) is 5.77. The average molecular weight is 389 g/mol. The molecule has 3 aliphatic rings. The van der Waals surface area contributed by atoms with E-state index in [1.54, 1.807) is 17.0 Å². The Hall–Kier alpha value is -1.99. The number of ether oxygens (including phenoxy) is 1. The molecular formula is C21H28FN3O3. The lowest BCUT2D eigenvalue weighted by atomic mass is 9.91. The first-order valence-corrected chi connectivity index (χ1v) is 10.3. The van der Waals surface area contributed by atoms with E-state index in [4.69, 9.17) is 4.74 Å². The molecule has 2 amide bonds. The van der Waals surface area contributed by atoms with E-state index < -0.39 is 6.04 Å². The van der Waals surface area contributed by atoms with Crippen LogP contribution in [-0.4, -0.2) is 67.0 Å². The highest BCUT2D eigenvalue weighted by Gasteiger charge is 2.38. The third-order valence-electron chi connectivity index (χ3n) is 6.27. The second-order valence-corrected chi connectivity index (χ2v) is 7.93. The van der Waals surface area contributed by atoms with E-state index in [2.05, 4.69) is 10.2 Å². The highest BCUT2D eigenvalue weighted by molar-refractivity contribution is 5.90.